The van der Waals surface area contributed by atoms with Crippen LogP contribution in [0.3, 0.4) is 0 Å². The fourth-order valence-corrected chi connectivity index (χ4v) is 1.93. The Kier molecular flexibility index (Phi) is 7.92. The van der Waals surface area contributed by atoms with E-state index in [0.29, 0.717) is 6.61 Å². The molecule has 0 spiro atoms. The van der Waals surface area contributed by atoms with Gasteiger partial charge >= 0.3 is 0 Å². The van der Waals surface area contributed by atoms with Gasteiger partial charge in [0.2, 0.25) is 0 Å². The summed E-state index contributed by atoms with van der Waals surface area (Å²) in [7, 11) is 1.67. The van der Waals surface area contributed by atoms with Gasteiger partial charge in [-0.1, -0.05) is 0 Å². The first-order valence-corrected chi connectivity index (χ1v) is 6.09. The molecule has 2 N–H and O–H groups in total. The molecule has 1 aromatic carbocycles. The second-order valence-electron chi connectivity index (χ2n) is 4.40. The fraction of sp³-hybridized carbons (Fsp3) is 0.267. The van der Waals surface area contributed by atoms with Crippen LogP contribution >= 0.6 is 24.8 Å². The van der Waals surface area contributed by atoms with Crippen LogP contribution in [0.1, 0.15) is 16.8 Å². The van der Waals surface area contributed by atoms with Gasteiger partial charge in [-0.15, -0.1) is 24.8 Å². The first-order valence-electron chi connectivity index (χ1n) is 6.09. The van der Waals surface area contributed by atoms with E-state index in [4.69, 9.17) is 15.2 Å². The maximum Gasteiger partial charge on any atom is 0.131 e. The average molecular weight is 331 g/mol. The number of rotatable bonds is 4. The second kappa shape index (κ2) is 8.60. The van der Waals surface area contributed by atoms with E-state index in [1.165, 1.54) is 0 Å². The summed E-state index contributed by atoms with van der Waals surface area (Å²) in [6, 6.07) is 7.31. The van der Waals surface area contributed by atoms with Gasteiger partial charge in [-0.25, -0.2) is 0 Å². The summed E-state index contributed by atoms with van der Waals surface area (Å²) >= 11 is 0. The van der Waals surface area contributed by atoms with Crippen LogP contribution in [0.15, 0.2) is 30.5 Å². The van der Waals surface area contributed by atoms with Crippen LogP contribution in [-0.4, -0.2) is 12.1 Å². The fourth-order valence-electron chi connectivity index (χ4n) is 1.93. The van der Waals surface area contributed by atoms with E-state index < -0.39 is 0 Å². The number of halogens is 2. The Bertz CT molecular complexity index is 575. The highest BCUT2D eigenvalue weighted by atomic mass is 35.5. The third kappa shape index (κ3) is 4.69. The molecule has 0 amide bonds. The van der Waals surface area contributed by atoms with Crippen LogP contribution in [-0.2, 0) is 6.61 Å². The maximum atomic E-state index is 5.69. The molecule has 0 fully saturated rings. The molecule has 0 bridgehead atoms. The van der Waals surface area contributed by atoms with Crippen molar-refractivity contribution in [3.05, 3.63) is 47.3 Å². The third-order valence-corrected chi connectivity index (χ3v) is 3.01. The highest BCUT2D eigenvalue weighted by molar-refractivity contribution is 5.85. The van der Waals surface area contributed by atoms with Gasteiger partial charge in [0.15, 0.2) is 0 Å². The van der Waals surface area contributed by atoms with E-state index in [-0.39, 0.29) is 24.8 Å². The minimum absolute atomic E-state index is 0. The number of nitrogen functional groups attached to an aromatic ring is 1. The number of hydrogen-bond acceptors (Lipinski definition) is 4. The van der Waals surface area contributed by atoms with Crippen molar-refractivity contribution >= 4 is 30.5 Å². The zero-order chi connectivity index (χ0) is 13.8. The first-order chi connectivity index (χ1) is 9.11. The van der Waals surface area contributed by atoms with Gasteiger partial charge in [-0.05, 0) is 38.1 Å². The molecule has 6 heteroatoms. The van der Waals surface area contributed by atoms with Gasteiger partial charge in [0.1, 0.15) is 18.1 Å². The minimum Gasteiger partial charge on any atom is -0.496 e. The molecule has 0 unspecified atom stereocenters. The van der Waals surface area contributed by atoms with Crippen LogP contribution in [0.25, 0.3) is 0 Å². The molecule has 4 nitrogen and oxygen atoms in total. The lowest BCUT2D eigenvalue weighted by Gasteiger charge is -2.13. The van der Waals surface area contributed by atoms with Crippen molar-refractivity contribution < 1.29 is 9.47 Å². The number of aromatic nitrogens is 1. The third-order valence-electron chi connectivity index (χ3n) is 3.01. The van der Waals surface area contributed by atoms with E-state index in [2.05, 4.69) is 4.98 Å². The molecular formula is C15H20Cl2N2O2. The number of ether oxygens (including phenoxy) is 2. The Labute approximate surface area is 137 Å². The van der Waals surface area contributed by atoms with Gasteiger partial charge < -0.3 is 15.2 Å². The predicted molar refractivity (Wildman–Crippen MR) is 89.9 cm³/mol. The molecule has 2 rings (SSSR count). The number of nitrogens with zero attached hydrogens (tertiary/aromatic N) is 1. The lowest BCUT2D eigenvalue weighted by atomic mass is 10.1. The molecular weight excluding hydrogens is 311 g/mol. The van der Waals surface area contributed by atoms with Gasteiger partial charge in [0.25, 0.3) is 0 Å². The lowest BCUT2D eigenvalue weighted by molar-refractivity contribution is 0.299. The van der Waals surface area contributed by atoms with Gasteiger partial charge in [0.05, 0.1) is 12.8 Å². The highest BCUT2D eigenvalue weighted by Gasteiger charge is 2.09. The standard InChI is InChI=1S/C15H18N2O2.2ClH/c1-10-8-17-14(11(2)15(10)18-3)9-19-13-6-4-12(16)5-7-13;;/h4-8H,9,16H2,1-3H3;2*1H. The van der Waals surface area contributed by atoms with Crippen molar-refractivity contribution in [1.82, 2.24) is 4.98 Å². The summed E-state index contributed by atoms with van der Waals surface area (Å²) in [6.07, 6.45) is 1.80. The van der Waals surface area contributed by atoms with E-state index in [1.807, 2.05) is 38.1 Å². The number of aryl methyl sites for hydroxylation is 1. The number of nitrogens with two attached hydrogens (primary N) is 1. The predicted octanol–water partition coefficient (Wildman–Crippen LogP) is 3.71. The van der Waals surface area contributed by atoms with Crippen molar-refractivity contribution in [1.29, 1.82) is 0 Å². The number of pyridine rings is 1. The molecule has 1 aromatic heterocycles. The number of benzene rings is 1. The maximum absolute atomic E-state index is 5.69. The largest absolute Gasteiger partial charge is 0.496 e. The van der Waals surface area contributed by atoms with Gasteiger partial charge in [-0.2, -0.15) is 0 Å². The van der Waals surface area contributed by atoms with Crippen molar-refractivity contribution in [2.45, 2.75) is 20.5 Å². The quantitative estimate of drug-likeness (QED) is 0.868. The minimum atomic E-state index is 0. The van der Waals surface area contributed by atoms with E-state index in [9.17, 15) is 0 Å². The van der Waals surface area contributed by atoms with Crippen LogP contribution in [0.2, 0.25) is 0 Å². The van der Waals surface area contributed by atoms with E-state index >= 15 is 0 Å². The van der Waals surface area contributed by atoms with Crippen molar-refractivity contribution in [3.63, 3.8) is 0 Å². The summed E-state index contributed by atoms with van der Waals surface area (Å²) in [4.78, 5) is 4.39. The lowest BCUT2D eigenvalue weighted by Crippen LogP contribution is -2.04. The summed E-state index contributed by atoms with van der Waals surface area (Å²) in [5, 5.41) is 0. The van der Waals surface area contributed by atoms with Crippen LogP contribution < -0.4 is 15.2 Å². The molecule has 21 heavy (non-hydrogen) atoms. The van der Waals surface area contributed by atoms with Crippen molar-refractivity contribution in [3.8, 4) is 11.5 Å². The van der Waals surface area contributed by atoms with Crippen LogP contribution in [0.5, 0.6) is 11.5 Å². The summed E-state index contributed by atoms with van der Waals surface area (Å²) in [6.45, 7) is 4.37. The topological polar surface area (TPSA) is 57.4 Å². The smallest absolute Gasteiger partial charge is 0.131 e. The number of methoxy groups -OCH3 is 1. The van der Waals surface area contributed by atoms with Crippen molar-refractivity contribution in [2.24, 2.45) is 0 Å². The first kappa shape index (κ1) is 19.4. The Balaban J connectivity index is 0.00000200. The summed E-state index contributed by atoms with van der Waals surface area (Å²) in [5.41, 5.74) is 9.26. The zero-order valence-corrected chi connectivity index (χ0v) is 13.9. The molecule has 2 aromatic rings. The second-order valence-corrected chi connectivity index (χ2v) is 4.40. The number of anilines is 1. The molecule has 0 saturated heterocycles. The van der Waals surface area contributed by atoms with Crippen LogP contribution in [0, 0.1) is 13.8 Å². The summed E-state index contributed by atoms with van der Waals surface area (Å²) < 4.78 is 11.1. The Morgan fingerprint density at radius 2 is 1.71 bits per heavy atom. The SMILES string of the molecule is COc1c(C)cnc(COc2ccc(N)cc2)c1C.Cl.Cl. The van der Waals surface area contributed by atoms with Crippen molar-refractivity contribution in [2.75, 3.05) is 12.8 Å². The molecule has 0 saturated carbocycles. The molecule has 0 aliphatic rings. The Morgan fingerprint density at radius 3 is 2.29 bits per heavy atom. The molecule has 116 valence electrons. The number of hydrogen-bond donors (Lipinski definition) is 1. The van der Waals surface area contributed by atoms with Crippen LogP contribution in [0.4, 0.5) is 5.69 Å². The molecule has 0 aliphatic heterocycles. The zero-order valence-electron chi connectivity index (χ0n) is 12.3. The molecule has 1 heterocycles. The highest BCUT2D eigenvalue weighted by Crippen LogP contribution is 2.25. The van der Waals surface area contributed by atoms with E-state index in [1.54, 1.807) is 13.3 Å². The van der Waals surface area contributed by atoms with E-state index in [0.717, 1.165) is 34.0 Å². The Hall–Kier alpha value is -1.65. The molecule has 0 aliphatic carbocycles. The molecule has 0 radical (unpaired) electrons. The van der Waals surface area contributed by atoms with Gasteiger partial charge in [0, 0.05) is 23.0 Å². The summed E-state index contributed by atoms with van der Waals surface area (Å²) in [5.74, 6) is 1.64. The molecule has 0 atom stereocenters. The van der Waals surface area contributed by atoms with Gasteiger partial charge in [-0.3, -0.25) is 4.98 Å². The monoisotopic (exact) mass is 330 g/mol. The normalized spacial score (nSPS) is 9.29. The Morgan fingerprint density at radius 1 is 1.10 bits per heavy atom. The average Bonchev–Trinajstić information content (AvgIpc) is 2.40.